The molecule has 1 unspecified atom stereocenters. The fraction of sp³-hybridized carbons (Fsp3) is 0.571. The zero-order valence-electron chi connectivity index (χ0n) is 10.7. The fourth-order valence-electron chi connectivity index (χ4n) is 1.70. The third kappa shape index (κ3) is 5.17. The zero-order chi connectivity index (χ0) is 11.8. The Hall–Kier alpha value is -1.02. The lowest BCUT2D eigenvalue weighted by molar-refractivity contribution is 0.291. The van der Waals surface area contributed by atoms with Crippen molar-refractivity contribution < 1.29 is 0 Å². The van der Waals surface area contributed by atoms with Crippen molar-refractivity contribution >= 4 is 5.69 Å². The van der Waals surface area contributed by atoms with E-state index in [9.17, 15) is 0 Å². The van der Waals surface area contributed by atoms with Crippen LogP contribution in [-0.4, -0.2) is 31.6 Å². The molecule has 0 bridgehead atoms. The number of likely N-dealkylation sites (N-methyl/N-ethyl adjacent to an activating group) is 1. The van der Waals surface area contributed by atoms with Crippen LogP contribution in [0.5, 0.6) is 0 Å². The summed E-state index contributed by atoms with van der Waals surface area (Å²) in [5.74, 6) is 0.793. The Bertz CT molecular complexity index is 271. The van der Waals surface area contributed by atoms with Gasteiger partial charge < -0.3 is 10.2 Å². The van der Waals surface area contributed by atoms with Gasteiger partial charge in [0.1, 0.15) is 0 Å². The van der Waals surface area contributed by atoms with E-state index in [0.717, 1.165) is 19.0 Å². The first kappa shape index (κ1) is 13.0. The molecule has 0 aromatic heterocycles. The molecular formula is C14H24N2. The minimum absolute atomic E-state index is 0.793. The Labute approximate surface area is 99.7 Å². The minimum Gasteiger partial charge on any atom is -0.384 e. The van der Waals surface area contributed by atoms with Gasteiger partial charge in [-0.1, -0.05) is 38.5 Å². The maximum absolute atomic E-state index is 3.43. The first-order chi connectivity index (χ1) is 7.72. The average molecular weight is 220 g/mol. The third-order valence-electron chi connectivity index (χ3n) is 2.92. The summed E-state index contributed by atoms with van der Waals surface area (Å²) in [5, 5.41) is 3.43. The molecular weight excluding hydrogens is 196 g/mol. The second-order valence-electron chi connectivity index (χ2n) is 4.57. The summed E-state index contributed by atoms with van der Waals surface area (Å²) in [7, 11) is 2.19. The van der Waals surface area contributed by atoms with E-state index in [1.165, 1.54) is 18.7 Å². The number of hydrogen-bond donors (Lipinski definition) is 1. The van der Waals surface area contributed by atoms with E-state index in [4.69, 9.17) is 0 Å². The van der Waals surface area contributed by atoms with Gasteiger partial charge in [0.2, 0.25) is 0 Å². The number of anilines is 1. The summed E-state index contributed by atoms with van der Waals surface area (Å²) in [5.41, 5.74) is 1.21. The van der Waals surface area contributed by atoms with Crippen LogP contribution in [0, 0.1) is 5.92 Å². The molecule has 0 fully saturated rings. The maximum atomic E-state index is 3.43. The molecule has 1 rings (SSSR count). The Morgan fingerprint density at radius 2 is 1.94 bits per heavy atom. The second-order valence-corrected chi connectivity index (χ2v) is 4.57. The predicted molar refractivity (Wildman–Crippen MR) is 71.9 cm³/mol. The van der Waals surface area contributed by atoms with Crippen molar-refractivity contribution in [3.8, 4) is 0 Å². The van der Waals surface area contributed by atoms with Gasteiger partial charge in [-0.3, -0.25) is 0 Å². The van der Waals surface area contributed by atoms with E-state index in [-0.39, 0.29) is 0 Å². The van der Waals surface area contributed by atoms with Gasteiger partial charge in [-0.2, -0.15) is 0 Å². The van der Waals surface area contributed by atoms with E-state index < -0.39 is 0 Å². The first-order valence-electron chi connectivity index (χ1n) is 6.19. The molecule has 0 saturated heterocycles. The Balaban J connectivity index is 2.15. The highest BCUT2D eigenvalue weighted by molar-refractivity contribution is 5.42. The van der Waals surface area contributed by atoms with Gasteiger partial charge in [0.15, 0.2) is 0 Å². The minimum atomic E-state index is 0.793. The smallest absolute Gasteiger partial charge is 0.0340 e. The highest BCUT2D eigenvalue weighted by Crippen LogP contribution is 2.05. The van der Waals surface area contributed by atoms with E-state index in [0.29, 0.717) is 0 Å². The molecule has 0 aliphatic heterocycles. The van der Waals surface area contributed by atoms with Gasteiger partial charge in [-0.25, -0.2) is 0 Å². The number of benzene rings is 1. The number of nitrogens with one attached hydrogen (secondary N) is 1. The van der Waals surface area contributed by atoms with Gasteiger partial charge in [0.25, 0.3) is 0 Å². The van der Waals surface area contributed by atoms with E-state index in [1.807, 2.05) is 6.07 Å². The summed E-state index contributed by atoms with van der Waals surface area (Å²) >= 11 is 0. The molecule has 1 aromatic rings. The van der Waals surface area contributed by atoms with Crippen LogP contribution in [0.3, 0.4) is 0 Å². The van der Waals surface area contributed by atoms with Gasteiger partial charge in [-0.15, -0.1) is 0 Å². The predicted octanol–water partition coefficient (Wildman–Crippen LogP) is 3.08. The number of hydrogen-bond acceptors (Lipinski definition) is 2. The quantitative estimate of drug-likeness (QED) is 0.759. The largest absolute Gasteiger partial charge is 0.384 e. The standard InChI is InChI=1S/C14H24N2/c1-4-13(2)12-16(3)11-10-15-14-8-6-5-7-9-14/h5-9,13,15H,4,10-12H2,1-3H3. The van der Waals surface area contributed by atoms with Crippen LogP contribution in [0.25, 0.3) is 0 Å². The molecule has 90 valence electrons. The summed E-state index contributed by atoms with van der Waals surface area (Å²) in [6.45, 7) is 7.85. The first-order valence-corrected chi connectivity index (χ1v) is 6.19. The van der Waals surface area contributed by atoms with Crippen molar-refractivity contribution in [3.63, 3.8) is 0 Å². The van der Waals surface area contributed by atoms with Gasteiger partial charge >= 0.3 is 0 Å². The van der Waals surface area contributed by atoms with Crippen molar-refractivity contribution in [2.75, 3.05) is 32.0 Å². The van der Waals surface area contributed by atoms with Gasteiger partial charge in [0, 0.05) is 25.3 Å². The molecule has 0 saturated carbocycles. The lowest BCUT2D eigenvalue weighted by Gasteiger charge is -2.20. The molecule has 2 heteroatoms. The van der Waals surface area contributed by atoms with Crippen LogP contribution in [0.2, 0.25) is 0 Å². The molecule has 1 N–H and O–H groups in total. The van der Waals surface area contributed by atoms with Crippen LogP contribution in [-0.2, 0) is 0 Å². The average Bonchev–Trinajstić information content (AvgIpc) is 2.30. The van der Waals surface area contributed by atoms with Crippen LogP contribution in [0.1, 0.15) is 20.3 Å². The normalized spacial score (nSPS) is 12.8. The van der Waals surface area contributed by atoms with Crippen molar-refractivity contribution in [3.05, 3.63) is 30.3 Å². The molecule has 0 heterocycles. The SMILES string of the molecule is CCC(C)CN(C)CCNc1ccccc1. The van der Waals surface area contributed by atoms with Crippen LogP contribution >= 0.6 is 0 Å². The second kappa shape index (κ2) is 7.29. The highest BCUT2D eigenvalue weighted by Gasteiger charge is 2.03. The van der Waals surface area contributed by atoms with Crippen LogP contribution in [0.15, 0.2) is 30.3 Å². The zero-order valence-corrected chi connectivity index (χ0v) is 10.7. The summed E-state index contributed by atoms with van der Waals surface area (Å²) in [6, 6.07) is 10.4. The van der Waals surface area contributed by atoms with Gasteiger partial charge in [-0.05, 0) is 25.1 Å². The molecule has 1 aromatic carbocycles. The lowest BCUT2D eigenvalue weighted by Crippen LogP contribution is -2.29. The fourth-order valence-corrected chi connectivity index (χ4v) is 1.70. The number of para-hydroxylation sites is 1. The Morgan fingerprint density at radius 1 is 1.25 bits per heavy atom. The molecule has 16 heavy (non-hydrogen) atoms. The van der Waals surface area contributed by atoms with Gasteiger partial charge in [0.05, 0.1) is 0 Å². The summed E-state index contributed by atoms with van der Waals surface area (Å²) < 4.78 is 0. The monoisotopic (exact) mass is 220 g/mol. The summed E-state index contributed by atoms with van der Waals surface area (Å²) in [4.78, 5) is 2.39. The molecule has 1 atom stereocenters. The molecule has 0 radical (unpaired) electrons. The van der Waals surface area contributed by atoms with Crippen molar-refractivity contribution in [2.45, 2.75) is 20.3 Å². The van der Waals surface area contributed by atoms with Crippen molar-refractivity contribution in [1.82, 2.24) is 4.90 Å². The molecule has 0 aliphatic carbocycles. The summed E-state index contributed by atoms with van der Waals surface area (Å²) in [6.07, 6.45) is 1.26. The maximum Gasteiger partial charge on any atom is 0.0340 e. The Kier molecular flexibility index (Phi) is 5.94. The lowest BCUT2D eigenvalue weighted by atomic mass is 10.1. The molecule has 0 aliphatic rings. The third-order valence-corrected chi connectivity index (χ3v) is 2.92. The highest BCUT2D eigenvalue weighted by atomic mass is 15.1. The molecule has 0 spiro atoms. The van der Waals surface area contributed by atoms with Crippen molar-refractivity contribution in [2.24, 2.45) is 5.92 Å². The van der Waals surface area contributed by atoms with E-state index >= 15 is 0 Å². The van der Waals surface area contributed by atoms with Crippen LogP contribution in [0.4, 0.5) is 5.69 Å². The number of rotatable bonds is 7. The van der Waals surface area contributed by atoms with Crippen molar-refractivity contribution in [1.29, 1.82) is 0 Å². The van der Waals surface area contributed by atoms with E-state index in [1.54, 1.807) is 0 Å². The topological polar surface area (TPSA) is 15.3 Å². The van der Waals surface area contributed by atoms with Crippen LogP contribution < -0.4 is 5.32 Å². The Morgan fingerprint density at radius 3 is 2.56 bits per heavy atom. The molecule has 0 amide bonds. The molecule has 2 nitrogen and oxygen atoms in total. The van der Waals surface area contributed by atoms with E-state index in [2.05, 4.69) is 55.4 Å². The number of nitrogens with zero attached hydrogens (tertiary/aromatic N) is 1.